The summed E-state index contributed by atoms with van der Waals surface area (Å²) in [6.07, 6.45) is 5.45. The molecule has 0 bridgehead atoms. The van der Waals surface area contributed by atoms with Crippen LogP contribution in [0.5, 0.6) is 0 Å². The number of carbonyl (C=O) groups is 1. The minimum absolute atomic E-state index is 0.497. The molecule has 0 aliphatic heterocycles. The molecular formula is C11H19NO2. The molecule has 0 atom stereocenters. The van der Waals surface area contributed by atoms with Crippen molar-refractivity contribution in [1.82, 2.24) is 5.32 Å². The molecular weight excluding hydrogens is 178 g/mol. The minimum Gasteiger partial charge on any atom is -0.478 e. The number of carboxylic acids is 1. The third-order valence-electron chi connectivity index (χ3n) is 3.12. The largest absolute Gasteiger partial charge is 0.478 e. The summed E-state index contributed by atoms with van der Waals surface area (Å²) in [5, 5.41) is 11.6. The van der Waals surface area contributed by atoms with Crippen molar-refractivity contribution in [1.29, 1.82) is 0 Å². The number of rotatable bonds is 6. The lowest BCUT2D eigenvalue weighted by atomic mass is 9.92. The molecule has 3 nitrogen and oxygen atoms in total. The van der Waals surface area contributed by atoms with Gasteiger partial charge in [-0.25, -0.2) is 4.79 Å². The zero-order valence-electron chi connectivity index (χ0n) is 8.92. The Hall–Kier alpha value is -0.830. The fourth-order valence-electron chi connectivity index (χ4n) is 1.68. The zero-order chi connectivity index (χ0) is 10.6. The topological polar surface area (TPSA) is 49.3 Å². The molecule has 0 saturated heterocycles. The molecule has 3 heteroatoms. The van der Waals surface area contributed by atoms with Crippen LogP contribution in [0.15, 0.2) is 12.2 Å². The Balaban J connectivity index is 2.13. The van der Waals surface area contributed by atoms with Crippen molar-refractivity contribution in [2.75, 3.05) is 13.1 Å². The van der Waals surface area contributed by atoms with Gasteiger partial charge >= 0.3 is 5.97 Å². The van der Waals surface area contributed by atoms with Crippen molar-refractivity contribution < 1.29 is 9.90 Å². The summed E-state index contributed by atoms with van der Waals surface area (Å²) in [5.41, 5.74) is 0.497. The highest BCUT2D eigenvalue weighted by Gasteiger charge is 2.44. The summed E-state index contributed by atoms with van der Waals surface area (Å²) in [6.45, 7) is 6.17. The maximum atomic E-state index is 10.2. The van der Waals surface area contributed by atoms with Gasteiger partial charge in [0, 0.05) is 19.2 Å². The van der Waals surface area contributed by atoms with Crippen LogP contribution in [0.25, 0.3) is 0 Å². The Morgan fingerprint density at radius 3 is 2.64 bits per heavy atom. The number of nitrogens with one attached hydrogen (secondary N) is 1. The van der Waals surface area contributed by atoms with Crippen molar-refractivity contribution in [2.24, 2.45) is 11.3 Å². The number of carboxylic acid groups (broad SMARTS) is 1. The zero-order valence-corrected chi connectivity index (χ0v) is 8.92. The molecule has 0 aromatic heterocycles. The quantitative estimate of drug-likeness (QED) is 0.503. The average Bonchev–Trinajstić information content (AvgIpc) is 2.84. The SMILES string of the molecule is CC(C)C1(CNC/C=C/C(=O)O)CC1. The first kappa shape index (κ1) is 11.2. The van der Waals surface area contributed by atoms with E-state index in [-0.39, 0.29) is 0 Å². The number of hydrogen-bond acceptors (Lipinski definition) is 2. The van der Waals surface area contributed by atoms with Crippen LogP contribution in [-0.4, -0.2) is 24.2 Å². The Bertz CT molecular complexity index is 229. The molecule has 14 heavy (non-hydrogen) atoms. The van der Waals surface area contributed by atoms with Gasteiger partial charge in [0.05, 0.1) is 0 Å². The van der Waals surface area contributed by atoms with Gasteiger partial charge in [0.1, 0.15) is 0 Å². The van der Waals surface area contributed by atoms with E-state index in [0.717, 1.165) is 12.5 Å². The lowest BCUT2D eigenvalue weighted by Gasteiger charge is -2.19. The molecule has 1 aliphatic rings. The van der Waals surface area contributed by atoms with E-state index in [1.54, 1.807) is 6.08 Å². The van der Waals surface area contributed by atoms with Crippen LogP contribution >= 0.6 is 0 Å². The molecule has 0 heterocycles. The molecule has 0 amide bonds. The maximum absolute atomic E-state index is 10.2. The van der Waals surface area contributed by atoms with Gasteiger partial charge in [0.25, 0.3) is 0 Å². The van der Waals surface area contributed by atoms with Crippen LogP contribution < -0.4 is 5.32 Å². The van der Waals surface area contributed by atoms with Crippen LogP contribution in [0.2, 0.25) is 0 Å². The Morgan fingerprint density at radius 2 is 2.21 bits per heavy atom. The predicted molar refractivity (Wildman–Crippen MR) is 56.2 cm³/mol. The van der Waals surface area contributed by atoms with Crippen LogP contribution in [0.1, 0.15) is 26.7 Å². The van der Waals surface area contributed by atoms with Gasteiger partial charge in [-0.2, -0.15) is 0 Å². The maximum Gasteiger partial charge on any atom is 0.328 e. The fourth-order valence-corrected chi connectivity index (χ4v) is 1.68. The second-order valence-corrected chi connectivity index (χ2v) is 4.39. The number of aliphatic carboxylic acids is 1. The highest BCUT2D eigenvalue weighted by atomic mass is 16.4. The van der Waals surface area contributed by atoms with Crippen LogP contribution in [0, 0.1) is 11.3 Å². The Labute approximate surface area is 85.2 Å². The summed E-state index contributed by atoms with van der Waals surface area (Å²) >= 11 is 0. The van der Waals surface area contributed by atoms with E-state index in [1.807, 2.05) is 0 Å². The number of hydrogen-bond donors (Lipinski definition) is 2. The van der Waals surface area contributed by atoms with Crippen molar-refractivity contribution >= 4 is 5.97 Å². The highest BCUT2D eigenvalue weighted by Crippen LogP contribution is 2.51. The third kappa shape index (κ3) is 3.14. The average molecular weight is 197 g/mol. The summed E-state index contributed by atoms with van der Waals surface area (Å²) in [7, 11) is 0. The summed E-state index contributed by atoms with van der Waals surface area (Å²) in [6, 6.07) is 0. The Morgan fingerprint density at radius 1 is 1.57 bits per heavy atom. The molecule has 2 N–H and O–H groups in total. The van der Waals surface area contributed by atoms with E-state index in [1.165, 1.54) is 18.9 Å². The van der Waals surface area contributed by atoms with Crippen molar-refractivity contribution in [3.05, 3.63) is 12.2 Å². The van der Waals surface area contributed by atoms with E-state index >= 15 is 0 Å². The molecule has 0 unspecified atom stereocenters. The molecule has 0 aromatic rings. The lowest BCUT2D eigenvalue weighted by Crippen LogP contribution is -2.27. The van der Waals surface area contributed by atoms with Crippen molar-refractivity contribution in [3.63, 3.8) is 0 Å². The normalized spacial score (nSPS) is 19.1. The molecule has 0 radical (unpaired) electrons. The van der Waals surface area contributed by atoms with Gasteiger partial charge < -0.3 is 10.4 Å². The highest BCUT2D eigenvalue weighted by molar-refractivity contribution is 5.79. The van der Waals surface area contributed by atoms with E-state index < -0.39 is 5.97 Å². The van der Waals surface area contributed by atoms with Gasteiger partial charge in [-0.3, -0.25) is 0 Å². The van der Waals surface area contributed by atoms with E-state index in [0.29, 0.717) is 12.0 Å². The van der Waals surface area contributed by atoms with Crippen LogP contribution in [0.4, 0.5) is 0 Å². The van der Waals surface area contributed by atoms with Gasteiger partial charge in [-0.1, -0.05) is 19.9 Å². The summed E-state index contributed by atoms with van der Waals surface area (Å²) < 4.78 is 0. The monoisotopic (exact) mass is 197 g/mol. The summed E-state index contributed by atoms with van der Waals surface area (Å²) in [5.74, 6) is -0.157. The van der Waals surface area contributed by atoms with Gasteiger partial charge in [0.2, 0.25) is 0 Å². The van der Waals surface area contributed by atoms with Crippen LogP contribution in [0.3, 0.4) is 0 Å². The first-order valence-corrected chi connectivity index (χ1v) is 5.17. The molecule has 1 aliphatic carbocycles. The van der Waals surface area contributed by atoms with E-state index in [9.17, 15) is 4.79 Å². The molecule has 80 valence electrons. The van der Waals surface area contributed by atoms with E-state index in [4.69, 9.17) is 5.11 Å². The van der Waals surface area contributed by atoms with Crippen molar-refractivity contribution in [2.45, 2.75) is 26.7 Å². The molecule has 1 saturated carbocycles. The van der Waals surface area contributed by atoms with E-state index in [2.05, 4.69) is 19.2 Å². The van der Waals surface area contributed by atoms with Crippen LogP contribution in [-0.2, 0) is 4.79 Å². The van der Waals surface area contributed by atoms with Crippen molar-refractivity contribution in [3.8, 4) is 0 Å². The predicted octanol–water partition coefficient (Wildman–Crippen LogP) is 1.65. The third-order valence-corrected chi connectivity index (χ3v) is 3.12. The minimum atomic E-state index is -0.878. The second-order valence-electron chi connectivity index (χ2n) is 4.39. The van der Waals surface area contributed by atoms with Gasteiger partial charge in [-0.05, 0) is 24.2 Å². The second kappa shape index (κ2) is 4.60. The summed E-state index contributed by atoms with van der Waals surface area (Å²) in [4.78, 5) is 10.2. The molecule has 0 spiro atoms. The smallest absolute Gasteiger partial charge is 0.328 e. The first-order valence-electron chi connectivity index (χ1n) is 5.17. The fraction of sp³-hybridized carbons (Fsp3) is 0.727. The van der Waals surface area contributed by atoms with Gasteiger partial charge in [-0.15, -0.1) is 0 Å². The Kier molecular flexibility index (Phi) is 3.69. The van der Waals surface area contributed by atoms with Gasteiger partial charge in [0.15, 0.2) is 0 Å². The molecule has 1 rings (SSSR count). The molecule has 1 fully saturated rings. The standard InChI is InChI=1S/C11H19NO2/c1-9(2)11(5-6-11)8-12-7-3-4-10(13)14/h3-4,9,12H,5-8H2,1-2H3,(H,13,14)/b4-3+. The first-order chi connectivity index (χ1) is 6.57. The molecule has 0 aromatic carbocycles. The lowest BCUT2D eigenvalue weighted by molar-refractivity contribution is -0.131.